The van der Waals surface area contributed by atoms with Gasteiger partial charge in [0.15, 0.2) is 0 Å². The van der Waals surface area contributed by atoms with Gasteiger partial charge in [-0.25, -0.2) is 0 Å². The highest BCUT2D eigenvalue weighted by Crippen LogP contribution is 2.64. The average molecular weight is 1120 g/mol. The van der Waals surface area contributed by atoms with Crippen LogP contribution in [-0.4, -0.2) is 0 Å². The molecule has 12 aromatic carbocycles. The minimum Gasteiger partial charge on any atom is -0.310 e. The first-order valence-corrected chi connectivity index (χ1v) is 31.2. The Kier molecular flexibility index (Phi) is 12.8. The zero-order valence-corrected chi connectivity index (χ0v) is 51.3. The van der Waals surface area contributed by atoms with Crippen LogP contribution in [0.1, 0.15) is 107 Å². The van der Waals surface area contributed by atoms with E-state index in [-0.39, 0.29) is 16.2 Å². The van der Waals surface area contributed by atoms with Crippen molar-refractivity contribution >= 4 is 17.1 Å². The van der Waals surface area contributed by atoms with Crippen LogP contribution in [0.3, 0.4) is 0 Å². The molecule has 0 fully saturated rings. The van der Waals surface area contributed by atoms with Crippen LogP contribution in [0.15, 0.2) is 279 Å². The second-order valence-corrected chi connectivity index (χ2v) is 27.5. The van der Waals surface area contributed by atoms with E-state index in [0.29, 0.717) is 5.92 Å². The maximum atomic E-state index is 2.54. The van der Waals surface area contributed by atoms with Crippen molar-refractivity contribution in [3.05, 3.63) is 318 Å². The Hall–Kier alpha value is -9.56. The molecule has 0 aromatic heterocycles. The van der Waals surface area contributed by atoms with Crippen LogP contribution >= 0.6 is 0 Å². The molecule has 0 saturated carbocycles. The molecule has 2 unspecified atom stereocenters. The molecule has 15 rings (SSSR count). The smallest absolute Gasteiger partial charge is 0.0725 e. The quantitative estimate of drug-likeness (QED) is 0.132. The van der Waals surface area contributed by atoms with E-state index in [1.807, 2.05) is 0 Å². The molecule has 0 aliphatic heterocycles. The van der Waals surface area contributed by atoms with Crippen LogP contribution in [0.4, 0.5) is 17.1 Å². The lowest BCUT2D eigenvalue weighted by Gasteiger charge is -2.36. The maximum Gasteiger partial charge on any atom is 0.0725 e. The van der Waals surface area contributed by atoms with E-state index in [9.17, 15) is 0 Å². The molecule has 1 nitrogen and oxygen atoms in total. The van der Waals surface area contributed by atoms with Crippen LogP contribution in [-0.2, 0) is 10.8 Å². The van der Waals surface area contributed by atoms with Crippen LogP contribution in [0.25, 0.3) is 89.0 Å². The van der Waals surface area contributed by atoms with Crippen LogP contribution < -0.4 is 4.90 Å². The second kappa shape index (κ2) is 20.6. The molecule has 12 aromatic rings. The fraction of sp³-hybridized carbons (Fsp3) is 0.163. The number of hydrogen-bond acceptors (Lipinski definition) is 1. The zero-order valence-electron chi connectivity index (χ0n) is 51.3. The first kappa shape index (κ1) is 54.1. The van der Waals surface area contributed by atoms with Gasteiger partial charge in [0.05, 0.1) is 5.41 Å². The minimum absolute atomic E-state index is 0.108. The van der Waals surface area contributed by atoms with Gasteiger partial charge in [0.25, 0.3) is 0 Å². The molecule has 1 heteroatoms. The van der Waals surface area contributed by atoms with Crippen molar-refractivity contribution in [3.8, 4) is 89.0 Å². The molecule has 422 valence electrons. The largest absolute Gasteiger partial charge is 0.310 e. The summed E-state index contributed by atoms with van der Waals surface area (Å²) in [6.07, 6.45) is 1.13. The van der Waals surface area contributed by atoms with Crippen molar-refractivity contribution in [1.29, 1.82) is 0 Å². The first-order valence-electron chi connectivity index (χ1n) is 31.2. The molecule has 87 heavy (non-hydrogen) atoms. The molecule has 0 amide bonds. The maximum absolute atomic E-state index is 2.54. The predicted octanol–water partition coefficient (Wildman–Crippen LogP) is 23.7. The van der Waals surface area contributed by atoms with Gasteiger partial charge >= 0.3 is 0 Å². The summed E-state index contributed by atoms with van der Waals surface area (Å²) in [7, 11) is 0. The fourth-order valence-electron chi connectivity index (χ4n) is 15.2. The number of anilines is 3. The first-order chi connectivity index (χ1) is 42.1. The standard InChI is InChI=1S/C86H73N/c1-83(2,3)55-82(84(4,5)6)66-22-18-21-63(51-66)65-42-49-75-72-25-14-17-28-78(72)86(81(75)53-65)77-27-16-13-24-71(77)74-48-41-64(52-80(74)86)62-35-33-58(34-36-62)57-29-31-59(32-30-57)61-39-45-68(46-40-61)87(67-43-37-60(38-44-67)56-19-10-9-11-20-56)69-47-50-73-70-23-12-15-26-76(70)85(7,8)79(73)54-69/h9-54,82H,55H2,1-8H3. The highest BCUT2D eigenvalue weighted by molar-refractivity contribution is 5.97. The molecule has 0 radical (unpaired) electrons. The Bertz CT molecular complexity index is 4590. The van der Waals surface area contributed by atoms with Crippen LogP contribution in [0.5, 0.6) is 0 Å². The van der Waals surface area contributed by atoms with Crippen molar-refractivity contribution in [2.45, 2.75) is 78.6 Å². The lowest BCUT2D eigenvalue weighted by atomic mass is 9.68. The topological polar surface area (TPSA) is 3.24 Å². The van der Waals surface area contributed by atoms with Gasteiger partial charge in [-0.3, -0.25) is 0 Å². The van der Waals surface area contributed by atoms with Gasteiger partial charge in [0.2, 0.25) is 0 Å². The van der Waals surface area contributed by atoms with E-state index in [0.717, 1.165) is 23.5 Å². The summed E-state index contributed by atoms with van der Waals surface area (Å²) >= 11 is 0. The van der Waals surface area contributed by atoms with E-state index in [1.54, 1.807) is 0 Å². The van der Waals surface area contributed by atoms with E-state index in [4.69, 9.17) is 0 Å². The molecule has 0 heterocycles. The number of benzene rings is 12. The summed E-state index contributed by atoms with van der Waals surface area (Å²) in [5.41, 5.74) is 32.8. The van der Waals surface area contributed by atoms with Gasteiger partial charge in [-0.15, -0.1) is 0 Å². The van der Waals surface area contributed by atoms with Gasteiger partial charge < -0.3 is 4.90 Å². The van der Waals surface area contributed by atoms with Crippen molar-refractivity contribution in [3.63, 3.8) is 0 Å². The van der Waals surface area contributed by atoms with Crippen molar-refractivity contribution in [2.24, 2.45) is 10.8 Å². The second-order valence-electron chi connectivity index (χ2n) is 27.5. The summed E-state index contributed by atoms with van der Waals surface area (Å²) in [4.78, 5) is 2.41. The van der Waals surface area contributed by atoms with E-state index in [1.165, 1.54) is 128 Å². The van der Waals surface area contributed by atoms with Crippen molar-refractivity contribution in [1.82, 2.24) is 0 Å². The Morgan fingerprint density at radius 2 is 0.632 bits per heavy atom. The minimum atomic E-state index is -0.467. The number of rotatable bonds is 10. The van der Waals surface area contributed by atoms with Gasteiger partial charge in [-0.05, 0) is 200 Å². The highest BCUT2D eigenvalue weighted by Gasteiger charge is 2.52. The zero-order chi connectivity index (χ0) is 59.4. The molecule has 0 bridgehead atoms. The lowest BCUT2D eigenvalue weighted by Crippen LogP contribution is -2.26. The van der Waals surface area contributed by atoms with Crippen molar-refractivity contribution < 1.29 is 0 Å². The number of nitrogens with zero attached hydrogens (tertiary/aromatic N) is 1. The fourth-order valence-corrected chi connectivity index (χ4v) is 15.2. The Morgan fingerprint density at radius 1 is 0.287 bits per heavy atom. The summed E-state index contributed by atoms with van der Waals surface area (Å²) in [5, 5.41) is 0. The van der Waals surface area contributed by atoms with Crippen LogP contribution in [0, 0.1) is 10.8 Å². The van der Waals surface area contributed by atoms with E-state index < -0.39 is 5.41 Å². The van der Waals surface area contributed by atoms with Gasteiger partial charge in [-0.1, -0.05) is 286 Å². The number of hydrogen-bond donors (Lipinski definition) is 0. The Morgan fingerprint density at radius 3 is 1.13 bits per heavy atom. The highest BCUT2D eigenvalue weighted by atomic mass is 15.1. The third-order valence-corrected chi connectivity index (χ3v) is 19.5. The van der Waals surface area contributed by atoms with Crippen LogP contribution in [0.2, 0.25) is 0 Å². The van der Waals surface area contributed by atoms with Crippen molar-refractivity contribution in [2.75, 3.05) is 4.90 Å². The average Bonchev–Trinajstić information content (AvgIpc) is 1.52. The molecule has 3 aliphatic carbocycles. The summed E-state index contributed by atoms with van der Waals surface area (Å²) < 4.78 is 0. The predicted molar refractivity (Wildman–Crippen MR) is 368 cm³/mol. The van der Waals surface area contributed by atoms with Gasteiger partial charge in [-0.2, -0.15) is 0 Å². The molecule has 3 aliphatic rings. The molecule has 0 saturated heterocycles. The SMILES string of the molecule is CC(C)(C)CC(c1cccc(-c2ccc3c(c2)C2(c4ccccc4-c4ccc(-c5ccc(-c6ccc(-c7ccc(N(c8ccc(-c9ccccc9)cc8)c8ccc9c(c8)C(C)(C)c8ccccc8-9)cc7)cc6)cc5)cc42)c2ccccc2-3)c1)C(C)(C)C. The molecule has 1 spiro atoms. The van der Waals surface area contributed by atoms with E-state index >= 15 is 0 Å². The monoisotopic (exact) mass is 1120 g/mol. The Balaban J connectivity index is 0.731. The molecular weight excluding hydrogens is 1050 g/mol. The Labute approximate surface area is 515 Å². The molecule has 0 N–H and O–H groups in total. The van der Waals surface area contributed by atoms with Gasteiger partial charge in [0.1, 0.15) is 0 Å². The normalized spacial score (nSPS) is 15.3. The summed E-state index contributed by atoms with van der Waals surface area (Å²) in [6, 6.07) is 105. The molecule has 2 atom stereocenters. The summed E-state index contributed by atoms with van der Waals surface area (Å²) in [6.45, 7) is 19.1. The molecular formula is C86H73N. The lowest BCUT2D eigenvalue weighted by molar-refractivity contribution is 0.229. The van der Waals surface area contributed by atoms with E-state index in [2.05, 4.69) is 339 Å². The third kappa shape index (κ3) is 9.13. The number of fused-ring (bicyclic) bond motifs is 13. The summed E-state index contributed by atoms with van der Waals surface area (Å²) in [5.74, 6) is 0.434. The van der Waals surface area contributed by atoms with Gasteiger partial charge in [0, 0.05) is 22.5 Å². The third-order valence-electron chi connectivity index (χ3n) is 19.5.